The number of benzene rings is 2. The SMILES string of the molecule is CC(Cc1ccc(F)cc1)NCCCc1ccc(-c2ccnn2C)cc1.[HH]. The van der Waals surface area contributed by atoms with Gasteiger partial charge in [-0.25, -0.2) is 4.39 Å². The molecule has 0 aliphatic carbocycles. The number of hydrogen-bond donors (Lipinski definition) is 1. The maximum absolute atomic E-state index is 12.9. The highest BCUT2D eigenvalue weighted by Crippen LogP contribution is 2.19. The van der Waals surface area contributed by atoms with Crippen LogP contribution in [-0.4, -0.2) is 22.4 Å². The molecule has 0 amide bonds. The first kappa shape index (κ1) is 18.3. The van der Waals surface area contributed by atoms with Crippen LogP contribution in [0.1, 0.15) is 25.9 Å². The molecule has 1 aromatic heterocycles. The van der Waals surface area contributed by atoms with Crippen molar-refractivity contribution in [3.8, 4) is 11.3 Å². The van der Waals surface area contributed by atoms with Gasteiger partial charge in [0.25, 0.3) is 0 Å². The number of aryl methyl sites for hydroxylation is 2. The summed E-state index contributed by atoms with van der Waals surface area (Å²) in [6.45, 7) is 3.15. The van der Waals surface area contributed by atoms with Crippen molar-refractivity contribution in [3.05, 3.63) is 77.7 Å². The van der Waals surface area contributed by atoms with Crippen molar-refractivity contribution in [2.45, 2.75) is 32.2 Å². The normalized spacial score (nSPS) is 12.3. The van der Waals surface area contributed by atoms with E-state index in [0.717, 1.165) is 37.1 Å². The van der Waals surface area contributed by atoms with Crippen LogP contribution >= 0.6 is 0 Å². The lowest BCUT2D eigenvalue weighted by molar-refractivity contribution is 0.533. The Morgan fingerprint density at radius 3 is 2.38 bits per heavy atom. The summed E-state index contributed by atoms with van der Waals surface area (Å²) in [7, 11) is 1.96. The molecule has 0 spiro atoms. The lowest BCUT2D eigenvalue weighted by Gasteiger charge is -2.14. The zero-order valence-electron chi connectivity index (χ0n) is 15.5. The molecule has 0 fully saturated rings. The third-order valence-corrected chi connectivity index (χ3v) is 4.66. The van der Waals surface area contributed by atoms with Gasteiger partial charge in [-0.1, -0.05) is 36.4 Å². The van der Waals surface area contributed by atoms with Crippen LogP contribution in [-0.2, 0) is 19.9 Å². The highest BCUT2D eigenvalue weighted by Gasteiger charge is 2.04. The molecule has 0 saturated heterocycles. The van der Waals surface area contributed by atoms with Crippen molar-refractivity contribution >= 4 is 0 Å². The second-order valence-electron chi connectivity index (χ2n) is 6.83. The van der Waals surface area contributed by atoms with Gasteiger partial charge >= 0.3 is 0 Å². The molecular formula is C22H28FN3. The van der Waals surface area contributed by atoms with E-state index in [2.05, 4.69) is 41.6 Å². The maximum Gasteiger partial charge on any atom is 0.123 e. The van der Waals surface area contributed by atoms with E-state index in [4.69, 9.17) is 0 Å². The molecule has 3 nitrogen and oxygen atoms in total. The molecule has 0 aliphatic rings. The van der Waals surface area contributed by atoms with Crippen LogP contribution < -0.4 is 5.32 Å². The minimum atomic E-state index is -0.177. The molecule has 3 aromatic rings. The number of hydrogen-bond acceptors (Lipinski definition) is 2. The van der Waals surface area contributed by atoms with Crippen molar-refractivity contribution in [1.82, 2.24) is 15.1 Å². The van der Waals surface area contributed by atoms with Crippen LogP contribution in [0.15, 0.2) is 60.8 Å². The average Bonchev–Trinajstić information content (AvgIpc) is 3.07. The van der Waals surface area contributed by atoms with Crippen molar-refractivity contribution in [2.24, 2.45) is 7.05 Å². The summed E-state index contributed by atoms with van der Waals surface area (Å²) >= 11 is 0. The molecule has 0 bridgehead atoms. The van der Waals surface area contributed by atoms with Crippen LogP contribution in [0.25, 0.3) is 11.3 Å². The van der Waals surface area contributed by atoms with Gasteiger partial charge < -0.3 is 5.32 Å². The van der Waals surface area contributed by atoms with Gasteiger partial charge in [0.15, 0.2) is 0 Å². The van der Waals surface area contributed by atoms with Gasteiger partial charge in [-0.3, -0.25) is 4.68 Å². The lowest BCUT2D eigenvalue weighted by atomic mass is 10.0. The van der Waals surface area contributed by atoms with E-state index in [1.807, 2.05) is 36.1 Å². The highest BCUT2D eigenvalue weighted by atomic mass is 19.1. The first-order chi connectivity index (χ1) is 12.6. The van der Waals surface area contributed by atoms with E-state index in [1.54, 1.807) is 0 Å². The summed E-state index contributed by atoms with van der Waals surface area (Å²) in [5.74, 6) is -0.177. The fourth-order valence-electron chi connectivity index (χ4n) is 3.19. The second kappa shape index (κ2) is 8.77. The van der Waals surface area contributed by atoms with Gasteiger partial charge in [-0.2, -0.15) is 5.10 Å². The predicted molar refractivity (Wildman–Crippen MR) is 107 cm³/mol. The summed E-state index contributed by atoms with van der Waals surface area (Å²) in [5.41, 5.74) is 4.84. The third-order valence-electron chi connectivity index (χ3n) is 4.66. The summed E-state index contributed by atoms with van der Waals surface area (Å²) < 4.78 is 14.8. The van der Waals surface area contributed by atoms with Gasteiger partial charge in [-0.15, -0.1) is 0 Å². The zero-order chi connectivity index (χ0) is 18.4. The zero-order valence-corrected chi connectivity index (χ0v) is 15.5. The molecule has 1 unspecified atom stereocenters. The summed E-state index contributed by atoms with van der Waals surface area (Å²) in [5, 5.41) is 7.77. The minimum absolute atomic E-state index is 0. The Bertz CT molecular complexity index is 812. The van der Waals surface area contributed by atoms with Gasteiger partial charge in [0.1, 0.15) is 5.82 Å². The highest BCUT2D eigenvalue weighted by molar-refractivity contribution is 5.59. The van der Waals surface area contributed by atoms with Gasteiger partial charge in [-0.05, 0) is 67.6 Å². The topological polar surface area (TPSA) is 29.9 Å². The molecule has 138 valence electrons. The number of halogens is 1. The van der Waals surface area contributed by atoms with Crippen LogP contribution in [0.5, 0.6) is 0 Å². The van der Waals surface area contributed by atoms with Gasteiger partial charge in [0, 0.05) is 20.7 Å². The molecule has 0 aliphatic heterocycles. The molecule has 2 aromatic carbocycles. The Balaban J connectivity index is 0.00000261. The standard InChI is InChI=1S/C22H26FN3.H2/c1-17(16-19-7-11-21(23)12-8-19)24-14-3-4-18-5-9-20(10-6-18)22-13-15-25-26(22)2;/h5-13,15,17,24H,3-4,14,16H2,1-2H3;1H. The fraction of sp³-hybridized carbons (Fsp3) is 0.318. The Kier molecular flexibility index (Phi) is 6.18. The Labute approximate surface area is 156 Å². The number of aromatic nitrogens is 2. The second-order valence-corrected chi connectivity index (χ2v) is 6.83. The van der Waals surface area contributed by atoms with Crippen molar-refractivity contribution in [1.29, 1.82) is 0 Å². The molecule has 1 N–H and O–H groups in total. The molecule has 0 radical (unpaired) electrons. The summed E-state index contributed by atoms with van der Waals surface area (Å²) in [4.78, 5) is 0. The van der Waals surface area contributed by atoms with E-state index in [9.17, 15) is 4.39 Å². The van der Waals surface area contributed by atoms with Gasteiger partial charge in [0.05, 0.1) is 5.69 Å². The predicted octanol–water partition coefficient (Wildman–Crippen LogP) is 4.63. The van der Waals surface area contributed by atoms with Crippen LogP contribution in [0.3, 0.4) is 0 Å². The van der Waals surface area contributed by atoms with Gasteiger partial charge in [0.2, 0.25) is 0 Å². The van der Waals surface area contributed by atoms with Crippen molar-refractivity contribution < 1.29 is 5.82 Å². The van der Waals surface area contributed by atoms with E-state index >= 15 is 0 Å². The molecule has 26 heavy (non-hydrogen) atoms. The maximum atomic E-state index is 12.9. The molecule has 4 heteroatoms. The molecule has 1 atom stereocenters. The third kappa shape index (κ3) is 5.02. The lowest BCUT2D eigenvalue weighted by Crippen LogP contribution is -2.29. The molecule has 1 heterocycles. The monoisotopic (exact) mass is 353 g/mol. The number of nitrogens with one attached hydrogen (secondary N) is 1. The number of rotatable bonds is 8. The smallest absolute Gasteiger partial charge is 0.123 e. The van der Waals surface area contributed by atoms with E-state index in [-0.39, 0.29) is 7.24 Å². The fourth-order valence-corrected chi connectivity index (χ4v) is 3.19. The van der Waals surface area contributed by atoms with E-state index in [1.165, 1.54) is 23.3 Å². The average molecular weight is 353 g/mol. The van der Waals surface area contributed by atoms with Crippen molar-refractivity contribution in [2.75, 3.05) is 6.54 Å². The van der Waals surface area contributed by atoms with Crippen LogP contribution in [0.2, 0.25) is 0 Å². The van der Waals surface area contributed by atoms with Crippen LogP contribution in [0.4, 0.5) is 4.39 Å². The Hall–Kier alpha value is -2.46. The Morgan fingerprint density at radius 1 is 1.04 bits per heavy atom. The first-order valence-corrected chi connectivity index (χ1v) is 9.17. The quantitative estimate of drug-likeness (QED) is 0.599. The largest absolute Gasteiger partial charge is 0.314 e. The first-order valence-electron chi connectivity index (χ1n) is 9.17. The van der Waals surface area contributed by atoms with E-state index in [0.29, 0.717) is 6.04 Å². The summed E-state index contributed by atoms with van der Waals surface area (Å²) in [6.07, 6.45) is 4.89. The number of nitrogens with zero attached hydrogens (tertiary/aromatic N) is 2. The molecule has 0 saturated carbocycles. The molecular weight excluding hydrogens is 325 g/mol. The summed E-state index contributed by atoms with van der Waals surface area (Å²) in [6, 6.07) is 17.9. The molecule has 3 rings (SSSR count). The van der Waals surface area contributed by atoms with Crippen molar-refractivity contribution in [3.63, 3.8) is 0 Å². The van der Waals surface area contributed by atoms with E-state index < -0.39 is 0 Å². The van der Waals surface area contributed by atoms with Crippen LogP contribution in [0, 0.1) is 5.82 Å². The minimum Gasteiger partial charge on any atom is -0.314 e. The Morgan fingerprint density at radius 2 is 1.73 bits per heavy atom.